The number of anilines is 1. The van der Waals surface area contributed by atoms with E-state index in [1.165, 1.54) is 0 Å². The van der Waals surface area contributed by atoms with Crippen LogP contribution in [0.4, 0.5) is 5.69 Å². The lowest BCUT2D eigenvalue weighted by Gasteiger charge is -2.34. The summed E-state index contributed by atoms with van der Waals surface area (Å²) in [6, 6.07) is 14.3. The number of carbonyl (C=O) groups is 2. The average Bonchev–Trinajstić information content (AvgIpc) is 3.14. The van der Waals surface area contributed by atoms with E-state index in [2.05, 4.69) is 14.1 Å². The lowest BCUT2D eigenvalue weighted by Crippen LogP contribution is -2.54. The molecule has 1 aliphatic heterocycles. The SMILES string of the molecule is O=C(Nc1cccc2nsnc12)C1COCC(=O)N1Cc1ccccc1. The number of ether oxygens (including phenoxy) is 1. The molecule has 7 nitrogen and oxygen atoms in total. The standard InChI is InChI=1S/C18H16N4O3S/c23-16-11-25-10-15(22(16)9-12-5-2-1-3-6-12)18(24)19-13-7-4-8-14-17(13)21-26-20-14/h1-8,15H,9-11H2,(H,19,24). The number of fused-ring (bicyclic) bond motifs is 1. The molecule has 1 aliphatic rings. The van der Waals surface area contributed by atoms with Crippen molar-refractivity contribution in [3.63, 3.8) is 0 Å². The average molecular weight is 368 g/mol. The van der Waals surface area contributed by atoms with E-state index in [1.54, 1.807) is 11.0 Å². The number of nitrogens with one attached hydrogen (secondary N) is 1. The Morgan fingerprint density at radius 1 is 1.19 bits per heavy atom. The van der Waals surface area contributed by atoms with E-state index in [9.17, 15) is 9.59 Å². The van der Waals surface area contributed by atoms with Crippen LogP contribution in [-0.4, -0.2) is 44.7 Å². The normalized spacial score (nSPS) is 17.5. The first-order valence-electron chi connectivity index (χ1n) is 8.15. The Morgan fingerprint density at radius 2 is 2.04 bits per heavy atom. The minimum absolute atomic E-state index is 0.0117. The van der Waals surface area contributed by atoms with E-state index in [1.807, 2.05) is 42.5 Å². The van der Waals surface area contributed by atoms with Crippen molar-refractivity contribution in [2.45, 2.75) is 12.6 Å². The summed E-state index contributed by atoms with van der Waals surface area (Å²) in [6.45, 7) is 0.515. The van der Waals surface area contributed by atoms with Gasteiger partial charge in [0, 0.05) is 6.54 Å². The zero-order valence-electron chi connectivity index (χ0n) is 13.8. The van der Waals surface area contributed by atoms with Crippen molar-refractivity contribution >= 4 is 40.3 Å². The number of nitrogens with zero attached hydrogens (tertiary/aromatic N) is 3. The minimum atomic E-state index is -0.696. The molecule has 0 aliphatic carbocycles. The number of carbonyl (C=O) groups excluding carboxylic acids is 2. The van der Waals surface area contributed by atoms with Gasteiger partial charge in [-0.25, -0.2) is 0 Å². The van der Waals surface area contributed by atoms with Gasteiger partial charge in [-0.2, -0.15) is 8.75 Å². The van der Waals surface area contributed by atoms with E-state index in [0.717, 1.165) is 22.8 Å². The topological polar surface area (TPSA) is 84.4 Å². The quantitative estimate of drug-likeness (QED) is 0.762. The first kappa shape index (κ1) is 16.6. The summed E-state index contributed by atoms with van der Waals surface area (Å²) >= 11 is 1.09. The molecule has 1 aromatic heterocycles. The molecule has 2 aromatic carbocycles. The molecule has 3 aromatic rings. The van der Waals surface area contributed by atoms with Crippen molar-refractivity contribution < 1.29 is 14.3 Å². The molecule has 0 spiro atoms. The van der Waals surface area contributed by atoms with E-state index in [0.29, 0.717) is 17.7 Å². The van der Waals surface area contributed by atoms with Crippen molar-refractivity contribution in [3.05, 3.63) is 54.1 Å². The van der Waals surface area contributed by atoms with Crippen molar-refractivity contribution in [1.82, 2.24) is 13.6 Å². The predicted octanol–water partition coefficient (Wildman–Crippen LogP) is 2.06. The maximum atomic E-state index is 12.8. The molecule has 1 saturated heterocycles. The van der Waals surface area contributed by atoms with Crippen LogP contribution < -0.4 is 5.32 Å². The van der Waals surface area contributed by atoms with Gasteiger partial charge in [-0.1, -0.05) is 36.4 Å². The Morgan fingerprint density at radius 3 is 2.88 bits per heavy atom. The molecule has 1 fully saturated rings. The third-order valence-electron chi connectivity index (χ3n) is 4.24. The molecule has 26 heavy (non-hydrogen) atoms. The van der Waals surface area contributed by atoms with Gasteiger partial charge in [-0.05, 0) is 17.7 Å². The molecule has 2 amide bonds. The van der Waals surface area contributed by atoms with Gasteiger partial charge in [0.05, 0.1) is 24.0 Å². The highest BCUT2D eigenvalue weighted by molar-refractivity contribution is 7.00. The number of hydrogen-bond acceptors (Lipinski definition) is 6. The second kappa shape index (κ2) is 7.19. The number of benzene rings is 2. The maximum absolute atomic E-state index is 12.8. The largest absolute Gasteiger partial charge is 0.369 e. The van der Waals surface area contributed by atoms with Gasteiger partial charge < -0.3 is 15.0 Å². The van der Waals surface area contributed by atoms with Gasteiger partial charge in [0.25, 0.3) is 0 Å². The summed E-state index contributed by atoms with van der Waals surface area (Å²) in [5.41, 5.74) is 2.92. The molecule has 2 heterocycles. The smallest absolute Gasteiger partial charge is 0.249 e. The monoisotopic (exact) mass is 368 g/mol. The molecule has 1 atom stereocenters. The first-order chi connectivity index (χ1) is 12.7. The highest BCUT2D eigenvalue weighted by Gasteiger charge is 2.34. The first-order valence-corrected chi connectivity index (χ1v) is 8.89. The van der Waals surface area contributed by atoms with Crippen LogP contribution in [0.5, 0.6) is 0 Å². The number of morpholine rings is 1. The maximum Gasteiger partial charge on any atom is 0.249 e. The van der Waals surface area contributed by atoms with Gasteiger partial charge in [0.15, 0.2) is 0 Å². The second-order valence-electron chi connectivity index (χ2n) is 5.96. The van der Waals surface area contributed by atoms with Gasteiger partial charge in [0.1, 0.15) is 23.7 Å². The lowest BCUT2D eigenvalue weighted by atomic mass is 10.1. The number of hydrogen-bond donors (Lipinski definition) is 1. The van der Waals surface area contributed by atoms with Crippen LogP contribution in [0.25, 0.3) is 11.0 Å². The zero-order valence-corrected chi connectivity index (χ0v) is 14.6. The van der Waals surface area contributed by atoms with E-state index < -0.39 is 6.04 Å². The van der Waals surface area contributed by atoms with Crippen LogP contribution >= 0.6 is 11.7 Å². The van der Waals surface area contributed by atoms with Crippen LogP contribution in [0.15, 0.2) is 48.5 Å². The van der Waals surface area contributed by atoms with Crippen molar-refractivity contribution in [1.29, 1.82) is 0 Å². The van der Waals surface area contributed by atoms with Crippen LogP contribution in [0.1, 0.15) is 5.56 Å². The Balaban J connectivity index is 1.56. The third kappa shape index (κ3) is 3.29. The molecule has 132 valence electrons. The third-order valence-corrected chi connectivity index (χ3v) is 4.78. The Hall–Kier alpha value is -2.84. The number of amides is 2. The highest BCUT2D eigenvalue weighted by atomic mass is 32.1. The Bertz CT molecular complexity index is 944. The molecule has 0 bridgehead atoms. The van der Waals surface area contributed by atoms with Crippen LogP contribution in [-0.2, 0) is 20.9 Å². The predicted molar refractivity (Wildman–Crippen MR) is 97.6 cm³/mol. The molecule has 0 radical (unpaired) electrons. The fourth-order valence-corrected chi connectivity index (χ4v) is 3.47. The fourth-order valence-electron chi connectivity index (χ4n) is 2.92. The van der Waals surface area contributed by atoms with Crippen molar-refractivity contribution in [2.24, 2.45) is 0 Å². The Labute approximate surface area is 153 Å². The van der Waals surface area contributed by atoms with Crippen molar-refractivity contribution in [3.8, 4) is 0 Å². The summed E-state index contributed by atoms with van der Waals surface area (Å²) in [7, 11) is 0. The zero-order chi connectivity index (χ0) is 17.9. The molecular weight excluding hydrogens is 352 g/mol. The molecule has 1 unspecified atom stereocenters. The fraction of sp³-hybridized carbons (Fsp3) is 0.222. The molecule has 8 heteroatoms. The summed E-state index contributed by atoms with van der Waals surface area (Å²) in [4.78, 5) is 26.7. The summed E-state index contributed by atoms with van der Waals surface area (Å²) < 4.78 is 13.7. The summed E-state index contributed by atoms with van der Waals surface area (Å²) in [5, 5.41) is 2.87. The highest BCUT2D eigenvalue weighted by Crippen LogP contribution is 2.22. The van der Waals surface area contributed by atoms with Crippen LogP contribution in [0.2, 0.25) is 0 Å². The molecule has 0 saturated carbocycles. The molecule has 1 N–H and O–H groups in total. The molecular formula is C18H16N4O3S. The van der Waals surface area contributed by atoms with Gasteiger partial charge >= 0.3 is 0 Å². The summed E-state index contributed by atoms with van der Waals surface area (Å²) in [5.74, 6) is -0.497. The van der Waals surface area contributed by atoms with Gasteiger partial charge in [-0.3, -0.25) is 9.59 Å². The van der Waals surface area contributed by atoms with E-state index >= 15 is 0 Å². The van der Waals surface area contributed by atoms with Gasteiger partial charge in [-0.15, -0.1) is 0 Å². The van der Waals surface area contributed by atoms with Crippen LogP contribution in [0, 0.1) is 0 Å². The Kier molecular flexibility index (Phi) is 4.59. The minimum Gasteiger partial charge on any atom is -0.369 e. The lowest BCUT2D eigenvalue weighted by molar-refractivity contribution is -0.154. The number of rotatable bonds is 4. The van der Waals surface area contributed by atoms with E-state index in [-0.39, 0.29) is 25.0 Å². The van der Waals surface area contributed by atoms with Gasteiger partial charge in [0.2, 0.25) is 11.8 Å². The van der Waals surface area contributed by atoms with Crippen LogP contribution in [0.3, 0.4) is 0 Å². The number of aromatic nitrogens is 2. The second-order valence-corrected chi connectivity index (χ2v) is 6.49. The summed E-state index contributed by atoms with van der Waals surface area (Å²) in [6.07, 6.45) is 0. The molecule has 4 rings (SSSR count). The van der Waals surface area contributed by atoms with Crippen molar-refractivity contribution in [2.75, 3.05) is 18.5 Å². The van der Waals surface area contributed by atoms with E-state index in [4.69, 9.17) is 4.74 Å².